The molecule has 82 valence electrons. The topological polar surface area (TPSA) is 83.1 Å². The van der Waals surface area contributed by atoms with Crippen LogP contribution in [0.25, 0.3) is 11.0 Å². The molecule has 5 nitrogen and oxygen atoms in total. The Hall–Kier alpha value is -1.69. The summed E-state index contributed by atoms with van der Waals surface area (Å²) in [5.74, 6) is -1.25. The third kappa shape index (κ3) is 1.61. The summed E-state index contributed by atoms with van der Waals surface area (Å²) in [6.45, 7) is 1.78. The second kappa shape index (κ2) is 3.71. The van der Waals surface area contributed by atoms with Gasteiger partial charge in [-0.15, -0.1) is 0 Å². The van der Waals surface area contributed by atoms with Crippen molar-refractivity contribution in [3.05, 3.63) is 38.2 Å². The second-order valence-corrected chi connectivity index (χ2v) is 4.14. The average Bonchev–Trinajstić information content (AvgIpc) is 2.21. The fourth-order valence-corrected chi connectivity index (χ4v) is 1.69. The van der Waals surface area contributed by atoms with Crippen molar-refractivity contribution in [1.29, 1.82) is 0 Å². The minimum atomic E-state index is -1.25. The molecule has 0 amide bonds. The van der Waals surface area contributed by atoms with Gasteiger partial charge in [-0.25, -0.2) is 9.78 Å². The van der Waals surface area contributed by atoms with E-state index in [1.165, 1.54) is 0 Å². The average molecular weight is 283 g/mol. The van der Waals surface area contributed by atoms with Crippen molar-refractivity contribution >= 4 is 32.9 Å². The Labute approximate surface area is 98.3 Å². The Morgan fingerprint density at radius 3 is 2.88 bits per heavy atom. The van der Waals surface area contributed by atoms with E-state index in [9.17, 15) is 9.59 Å². The predicted octanol–water partition coefficient (Wildman–Crippen LogP) is 1.69. The van der Waals surface area contributed by atoms with Crippen molar-refractivity contribution in [1.82, 2.24) is 9.97 Å². The number of carboxylic acids is 1. The van der Waals surface area contributed by atoms with Crippen molar-refractivity contribution in [3.8, 4) is 0 Å². The quantitative estimate of drug-likeness (QED) is 0.834. The van der Waals surface area contributed by atoms with Crippen LogP contribution in [0.5, 0.6) is 0 Å². The predicted molar refractivity (Wildman–Crippen MR) is 61.8 cm³/mol. The largest absolute Gasteiger partial charge is 0.477 e. The summed E-state index contributed by atoms with van der Waals surface area (Å²) < 4.78 is 0.674. The number of fused-ring (bicyclic) bond motifs is 1. The molecular formula is C10H7BrN2O3. The molecule has 2 N–H and O–H groups in total. The number of hydrogen-bond donors (Lipinski definition) is 2. The summed E-state index contributed by atoms with van der Waals surface area (Å²) in [4.78, 5) is 29.4. The molecule has 0 bridgehead atoms. The SMILES string of the molecule is Cc1nc2[nH]cc(C(=O)O)c(=O)c2cc1Br. The zero-order valence-electron chi connectivity index (χ0n) is 8.24. The maximum absolute atomic E-state index is 11.8. The van der Waals surface area contributed by atoms with Crippen LogP contribution in [0.1, 0.15) is 16.1 Å². The molecule has 0 aliphatic heterocycles. The number of halogens is 1. The van der Waals surface area contributed by atoms with Gasteiger partial charge in [-0.2, -0.15) is 0 Å². The summed E-state index contributed by atoms with van der Waals surface area (Å²) in [6.07, 6.45) is 1.16. The molecule has 16 heavy (non-hydrogen) atoms. The van der Waals surface area contributed by atoms with Crippen LogP contribution in [0.2, 0.25) is 0 Å². The Morgan fingerprint density at radius 2 is 2.25 bits per heavy atom. The van der Waals surface area contributed by atoms with Crippen molar-refractivity contribution in [2.45, 2.75) is 6.92 Å². The first-order valence-corrected chi connectivity index (χ1v) is 5.22. The van der Waals surface area contributed by atoms with E-state index in [1.54, 1.807) is 13.0 Å². The molecule has 0 saturated heterocycles. The number of aryl methyl sites for hydroxylation is 1. The number of aromatic amines is 1. The molecule has 2 aromatic heterocycles. The molecule has 0 aliphatic carbocycles. The highest BCUT2D eigenvalue weighted by molar-refractivity contribution is 9.10. The van der Waals surface area contributed by atoms with Crippen molar-refractivity contribution < 1.29 is 9.90 Å². The lowest BCUT2D eigenvalue weighted by molar-refractivity contribution is 0.0695. The number of carboxylic acid groups (broad SMARTS) is 1. The van der Waals surface area contributed by atoms with Gasteiger partial charge < -0.3 is 10.1 Å². The molecule has 2 rings (SSSR count). The summed E-state index contributed by atoms with van der Waals surface area (Å²) in [7, 11) is 0. The Kier molecular flexibility index (Phi) is 2.51. The van der Waals surface area contributed by atoms with Gasteiger partial charge in [0.1, 0.15) is 11.2 Å². The van der Waals surface area contributed by atoms with Crippen LogP contribution < -0.4 is 5.43 Å². The first-order valence-electron chi connectivity index (χ1n) is 4.42. The number of rotatable bonds is 1. The van der Waals surface area contributed by atoms with Crippen molar-refractivity contribution in [2.75, 3.05) is 0 Å². The van der Waals surface area contributed by atoms with Crippen molar-refractivity contribution in [3.63, 3.8) is 0 Å². The smallest absolute Gasteiger partial charge is 0.341 e. The van der Waals surface area contributed by atoms with E-state index in [0.29, 0.717) is 10.1 Å². The highest BCUT2D eigenvalue weighted by atomic mass is 79.9. The van der Waals surface area contributed by atoms with Crippen LogP contribution in [0.3, 0.4) is 0 Å². The highest BCUT2D eigenvalue weighted by Crippen LogP contribution is 2.17. The summed E-state index contributed by atoms with van der Waals surface area (Å²) >= 11 is 3.25. The standard InChI is InChI=1S/C10H7BrN2O3/c1-4-7(11)2-5-8(14)6(10(15)16)3-12-9(5)13-4/h2-3H,1H3,(H,15,16)(H,12,13,14). The summed E-state index contributed by atoms with van der Waals surface area (Å²) in [5.41, 5.74) is 0.293. The van der Waals surface area contributed by atoms with Crippen LogP contribution in [-0.4, -0.2) is 21.0 Å². The molecule has 0 radical (unpaired) electrons. The van der Waals surface area contributed by atoms with E-state index >= 15 is 0 Å². The van der Waals surface area contributed by atoms with Gasteiger partial charge in [-0.3, -0.25) is 4.79 Å². The number of H-pyrrole nitrogens is 1. The molecular weight excluding hydrogens is 276 g/mol. The molecule has 0 fully saturated rings. The van der Waals surface area contributed by atoms with E-state index in [2.05, 4.69) is 25.9 Å². The Bertz CT molecular complexity index is 648. The van der Waals surface area contributed by atoms with Gasteiger partial charge in [0.05, 0.1) is 11.1 Å². The molecule has 2 aromatic rings. The number of nitrogens with zero attached hydrogens (tertiary/aromatic N) is 1. The van der Waals surface area contributed by atoms with Gasteiger partial charge in [0, 0.05) is 10.7 Å². The lowest BCUT2D eigenvalue weighted by Crippen LogP contribution is -2.15. The van der Waals surface area contributed by atoms with E-state index in [0.717, 1.165) is 11.9 Å². The number of aromatic carboxylic acids is 1. The minimum absolute atomic E-state index is 0.261. The number of carbonyl (C=O) groups is 1. The first-order chi connectivity index (χ1) is 7.50. The van der Waals surface area contributed by atoms with Crippen LogP contribution in [0, 0.1) is 6.92 Å². The van der Waals surface area contributed by atoms with Crippen LogP contribution in [0.4, 0.5) is 0 Å². The first kappa shape index (κ1) is 10.8. The lowest BCUT2D eigenvalue weighted by atomic mass is 10.2. The van der Waals surface area contributed by atoms with Gasteiger partial charge in [0.25, 0.3) is 0 Å². The maximum Gasteiger partial charge on any atom is 0.341 e. The third-order valence-corrected chi connectivity index (χ3v) is 3.03. The monoisotopic (exact) mass is 282 g/mol. The molecule has 6 heteroatoms. The van der Waals surface area contributed by atoms with Crippen molar-refractivity contribution in [2.24, 2.45) is 0 Å². The number of nitrogens with one attached hydrogen (secondary N) is 1. The Balaban J connectivity index is 2.90. The number of aromatic nitrogens is 2. The second-order valence-electron chi connectivity index (χ2n) is 3.29. The van der Waals surface area contributed by atoms with E-state index in [-0.39, 0.29) is 10.9 Å². The molecule has 2 heterocycles. The lowest BCUT2D eigenvalue weighted by Gasteiger charge is -2.02. The molecule has 0 atom stereocenters. The van der Waals surface area contributed by atoms with Gasteiger partial charge in [0.2, 0.25) is 5.43 Å². The zero-order chi connectivity index (χ0) is 11.9. The molecule has 0 spiro atoms. The van der Waals surface area contributed by atoms with Crippen LogP contribution in [-0.2, 0) is 0 Å². The van der Waals surface area contributed by atoms with Gasteiger partial charge in [-0.1, -0.05) is 0 Å². The van der Waals surface area contributed by atoms with Gasteiger partial charge >= 0.3 is 5.97 Å². The Morgan fingerprint density at radius 1 is 1.56 bits per heavy atom. The van der Waals surface area contributed by atoms with Crippen LogP contribution >= 0.6 is 15.9 Å². The van der Waals surface area contributed by atoms with Crippen LogP contribution in [0.15, 0.2) is 21.5 Å². The van der Waals surface area contributed by atoms with E-state index < -0.39 is 11.4 Å². The molecule has 0 saturated carbocycles. The van der Waals surface area contributed by atoms with E-state index in [4.69, 9.17) is 5.11 Å². The highest BCUT2D eigenvalue weighted by Gasteiger charge is 2.12. The zero-order valence-corrected chi connectivity index (χ0v) is 9.83. The molecule has 0 unspecified atom stereocenters. The number of pyridine rings is 2. The fraction of sp³-hybridized carbons (Fsp3) is 0.100. The maximum atomic E-state index is 11.8. The number of hydrogen-bond acceptors (Lipinski definition) is 3. The third-order valence-electron chi connectivity index (χ3n) is 2.22. The van der Waals surface area contributed by atoms with E-state index in [1.807, 2.05) is 0 Å². The fourth-order valence-electron chi connectivity index (χ4n) is 1.37. The summed E-state index contributed by atoms with van der Waals surface area (Å²) in [6, 6.07) is 1.57. The summed E-state index contributed by atoms with van der Waals surface area (Å²) in [5, 5.41) is 9.06. The van der Waals surface area contributed by atoms with Gasteiger partial charge in [-0.05, 0) is 28.9 Å². The molecule has 0 aromatic carbocycles. The normalized spacial score (nSPS) is 10.6. The molecule has 0 aliphatic rings. The van der Waals surface area contributed by atoms with Gasteiger partial charge in [0.15, 0.2) is 0 Å². The minimum Gasteiger partial charge on any atom is -0.477 e.